The van der Waals surface area contributed by atoms with Crippen molar-refractivity contribution in [3.05, 3.63) is 83.9 Å². The second-order valence-corrected chi connectivity index (χ2v) is 8.57. The molecule has 0 radical (unpaired) electrons. The number of benzene rings is 3. The van der Waals surface area contributed by atoms with Crippen LogP contribution in [0.2, 0.25) is 0 Å². The molecule has 3 aromatic rings. The van der Waals surface area contributed by atoms with Gasteiger partial charge in [0.2, 0.25) is 11.8 Å². The molecule has 1 aliphatic rings. The van der Waals surface area contributed by atoms with Crippen LogP contribution in [-0.2, 0) is 16.0 Å². The van der Waals surface area contributed by atoms with E-state index in [0.717, 1.165) is 30.8 Å². The molecule has 0 bridgehead atoms. The summed E-state index contributed by atoms with van der Waals surface area (Å²) in [5.74, 6) is 1.10. The first-order valence-electron chi connectivity index (χ1n) is 11.8. The summed E-state index contributed by atoms with van der Waals surface area (Å²) in [6, 6.07) is 22.7. The molecule has 0 saturated heterocycles. The van der Waals surface area contributed by atoms with Gasteiger partial charge in [-0.25, -0.2) is 0 Å². The number of aryl methyl sites for hydroxylation is 1. The summed E-state index contributed by atoms with van der Waals surface area (Å²) < 4.78 is 10.4. The maximum Gasteiger partial charge on any atom is 0.238 e. The number of amides is 2. The summed E-state index contributed by atoms with van der Waals surface area (Å²) in [5.41, 5.74) is 3.83. The van der Waals surface area contributed by atoms with Crippen LogP contribution >= 0.6 is 0 Å². The number of carbonyl (C=O) groups is 2. The Morgan fingerprint density at radius 1 is 0.800 bits per heavy atom. The summed E-state index contributed by atoms with van der Waals surface area (Å²) in [6.45, 7) is 0.197. The first-order valence-corrected chi connectivity index (χ1v) is 11.8. The summed E-state index contributed by atoms with van der Waals surface area (Å²) >= 11 is 0. The molecule has 7 nitrogen and oxygen atoms in total. The molecule has 1 atom stereocenters. The van der Waals surface area contributed by atoms with Gasteiger partial charge in [-0.15, -0.1) is 0 Å². The van der Waals surface area contributed by atoms with E-state index in [1.54, 1.807) is 62.8 Å². The highest BCUT2D eigenvalue weighted by molar-refractivity contribution is 5.94. The van der Waals surface area contributed by atoms with Crippen LogP contribution in [-0.4, -0.2) is 44.0 Å². The predicted molar refractivity (Wildman–Crippen MR) is 137 cm³/mol. The van der Waals surface area contributed by atoms with Gasteiger partial charge in [0.25, 0.3) is 0 Å². The minimum absolute atomic E-state index is 0.0109. The molecule has 4 rings (SSSR count). The second kappa shape index (κ2) is 11.5. The van der Waals surface area contributed by atoms with Gasteiger partial charge in [0, 0.05) is 17.4 Å². The zero-order valence-electron chi connectivity index (χ0n) is 20.1. The lowest BCUT2D eigenvalue weighted by molar-refractivity contribution is -0.121. The fraction of sp³-hybridized carbons (Fsp3) is 0.286. The van der Waals surface area contributed by atoms with Crippen molar-refractivity contribution in [3.8, 4) is 11.5 Å². The van der Waals surface area contributed by atoms with Crippen LogP contribution < -0.4 is 20.1 Å². The summed E-state index contributed by atoms with van der Waals surface area (Å²) in [7, 11) is 3.20. The van der Waals surface area contributed by atoms with Gasteiger partial charge in [-0.05, 0) is 78.9 Å². The predicted octanol–water partition coefficient (Wildman–Crippen LogP) is 4.66. The molecule has 0 fully saturated rings. The summed E-state index contributed by atoms with van der Waals surface area (Å²) in [6.07, 6.45) is 2.91. The number of hydrogen-bond donors (Lipinski definition) is 2. The topological polar surface area (TPSA) is 79.9 Å². The molecule has 0 aromatic heterocycles. The lowest BCUT2D eigenvalue weighted by atomic mass is 9.86. The fourth-order valence-corrected chi connectivity index (χ4v) is 4.50. The molecular formula is C28H31N3O4. The van der Waals surface area contributed by atoms with Crippen LogP contribution in [0.4, 0.5) is 11.4 Å². The molecule has 2 N–H and O–H groups in total. The lowest BCUT2D eigenvalue weighted by Gasteiger charge is -2.35. The first-order chi connectivity index (χ1) is 17.1. The molecule has 0 heterocycles. The van der Waals surface area contributed by atoms with Gasteiger partial charge in [0.1, 0.15) is 11.5 Å². The third-order valence-corrected chi connectivity index (χ3v) is 6.22. The van der Waals surface area contributed by atoms with Crippen molar-refractivity contribution in [3.63, 3.8) is 0 Å². The van der Waals surface area contributed by atoms with E-state index in [1.807, 2.05) is 17.0 Å². The average molecular weight is 474 g/mol. The van der Waals surface area contributed by atoms with E-state index in [-0.39, 0.29) is 30.9 Å². The Hall–Kier alpha value is -3.84. The standard InChI is InChI=1S/C28H31N3O4/c1-34-23-14-10-21(11-15-23)29-27(32)18-31(26-9-5-7-20-6-3-4-8-25(20)26)19-28(33)30-22-12-16-24(35-2)17-13-22/h3-4,6,8,10-17,26H,5,7,9,18-19H2,1-2H3,(H,29,32)(H,30,33). The third-order valence-electron chi connectivity index (χ3n) is 6.22. The van der Waals surface area contributed by atoms with Gasteiger partial charge in [-0.2, -0.15) is 0 Å². The Morgan fingerprint density at radius 2 is 1.31 bits per heavy atom. The van der Waals surface area contributed by atoms with Gasteiger partial charge in [0.15, 0.2) is 0 Å². The first kappa shape index (κ1) is 24.3. The largest absolute Gasteiger partial charge is 0.497 e. The molecule has 0 saturated carbocycles. The fourth-order valence-electron chi connectivity index (χ4n) is 4.50. The van der Waals surface area contributed by atoms with Crippen molar-refractivity contribution in [2.75, 3.05) is 37.9 Å². The molecule has 182 valence electrons. The zero-order chi connectivity index (χ0) is 24.6. The maximum absolute atomic E-state index is 13.0. The normalized spacial score (nSPS) is 14.7. The van der Waals surface area contributed by atoms with Gasteiger partial charge in [-0.1, -0.05) is 24.3 Å². The molecule has 2 amide bonds. The van der Waals surface area contributed by atoms with Crippen LogP contribution in [0.3, 0.4) is 0 Å². The molecule has 0 spiro atoms. The smallest absolute Gasteiger partial charge is 0.238 e. The number of nitrogens with one attached hydrogen (secondary N) is 2. The Kier molecular flexibility index (Phi) is 8.00. The van der Waals surface area contributed by atoms with Crippen molar-refractivity contribution in [1.29, 1.82) is 0 Å². The Morgan fingerprint density at radius 3 is 1.83 bits per heavy atom. The van der Waals surface area contributed by atoms with Gasteiger partial charge >= 0.3 is 0 Å². The van der Waals surface area contributed by atoms with Crippen LogP contribution in [0, 0.1) is 0 Å². The molecule has 35 heavy (non-hydrogen) atoms. The van der Waals surface area contributed by atoms with E-state index in [4.69, 9.17) is 9.47 Å². The average Bonchev–Trinajstić information content (AvgIpc) is 2.89. The van der Waals surface area contributed by atoms with E-state index in [9.17, 15) is 9.59 Å². The van der Waals surface area contributed by atoms with Crippen LogP contribution in [0.15, 0.2) is 72.8 Å². The van der Waals surface area contributed by atoms with Gasteiger partial charge in [-0.3, -0.25) is 14.5 Å². The van der Waals surface area contributed by atoms with Gasteiger partial charge in [0.05, 0.1) is 27.3 Å². The third kappa shape index (κ3) is 6.39. The van der Waals surface area contributed by atoms with Crippen molar-refractivity contribution < 1.29 is 19.1 Å². The monoisotopic (exact) mass is 473 g/mol. The molecule has 7 heteroatoms. The van der Waals surface area contributed by atoms with Crippen molar-refractivity contribution in [1.82, 2.24) is 4.90 Å². The number of anilines is 2. The molecule has 3 aromatic carbocycles. The maximum atomic E-state index is 13.0. The highest BCUT2D eigenvalue weighted by atomic mass is 16.5. The minimum Gasteiger partial charge on any atom is -0.497 e. The summed E-state index contributed by atoms with van der Waals surface area (Å²) in [4.78, 5) is 28.0. The SMILES string of the molecule is COc1ccc(NC(=O)CN(CC(=O)Nc2ccc(OC)cc2)C2CCCc3ccccc32)cc1. The Bertz CT molecular complexity index is 1080. The number of fused-ring (bicyclic) bond motifs is 1. The highest BCUT2D eigenvalue weighted by Crippen LogP contribution is 2.34. The lowest BCUT2D eigenvalue weighted by Crippen LogP contribution is -2.42. The van der Waals surface area contributed by atoms with Crippen LogP contribution in [0.5, 0.6) is 11.5 Å². The Labute approximate surface area is 206 Å². The van der Waals surface area contributed by atoms with Crippen LogP contribution in [0.25, 0.3) is 0 Å². The highest BCUT2D eigenvalue weighted by Gasteiger charge is 2.28. The molecule has 1 aliphatic carbocycles. The number of methoxy groups -OCH3 is 2. The minimum atomic E-state index is -0.171. The Balaban J connectivity index is 1.49. The van der Waals surface area contributed by atoms with Crippen LogP contribution in [0.1, 0.15) is 30.0 Å². The number of rotatable bonds is 9. The quantitative estimate of drug-likeness (QED) is 0.473. The zero-order valence-corrected chi connectivity index (χ0v) is 20.1. The van der Waals surface area contributed by atoms with E-state index in [1.165, 1.54) is 11.1 Å². The number of carbonyl (C=O) groups excluding carboxylic acids is 2. The number of hydrogen-bond acceptors (Lipinski definition) is 5. The molecular weight excluding hydrogens is 442 g/mol. The van der Waals surface area contributed by atoms with Gasteiger partial charge < -0.3 is 20.1 Å². The van der Waals surface area contributed by atoms with Crippen molar-refractivity contribution >= 4 is 23.2 Å². The number of ether oxygens (including phenoxy) is 2. The number of nitrogens with zero attached hydrogens (tertiary/aromatic N) is 1. The van der Waals surface area contributed by atoms with Crippen molar-refractivity contribution in [2.45, 2.75) is 25.3 Å². The van der Waals surface area contributed by atoms with E-state index in [0.29, 0.717) is 11.4 Å². The van der Waals surface area contributed by atoms with E-state index in [2.05, 4.69) is 22.8 Å². The summed E-state index contributed by atoms with van der Waals surface area (Å²) in [5, 5.41) is 5.88. The van der Waals surface area contributed by atoms with Crippen molar-refractivity contribution in [2.24, 2.45) is 0 Å². The van der Waals surface area contributed by atoms with E-state index >= 15 is 0 Å². The molecule has 0 aliphatic heterocycles. The molecule has 1 unspecified atom stereocenters. The second-order valence-electron chi connectivity index (χ2n) is 8.57. The van der Waals surface area contributed by atoms with E-state index < -0.39 is 0 Å².